The van der Waals surface area contributed by atoms with Gasteiger partial charge in [-0.25, -0.2) is 0 Å². The van der Waals surface area contributed by atoms with Crippen LogP contribution in [0.25, 0.3) is 0 Å². The van der Waals surface area contributed by atoms with Crippen LogP contribution in [0.4, 0.5) is 0 Å². The quantitative estimate of drug-likeness (QED) is 0.150. The van der Waals surface area contributed by atoms with Crippen LogP contribution in [0.2, 0.25) is 0 Å². The van der Waals surface area contributed by atoms with Gasteiger partial charge in [-0.2, -0.15) is 0 Å². The Morgan fingerprint density at radius 2 is 1.10 bits per heavy atom. The molecule has 0 saturated heterocycles. The number of hydrogen-bond donors (Lipinski definition) is 2. The van der Waals surface area contributed by atoms with Gasteiger partial charge in [0.05, 0.1) is 26.2 Å². The lowest BCUT2D eigenvalue weighted by Gasteiger charge is -2.39. The van der Waals surface area contributed by atoms with E-state index in [1.165, 1.54) is 12.8 Å². The molecule has 0 rings (SSSR count). The first-order valence-electron chi connectivity index (χ1n) is 11.9. The van der Waals surface area contributed by atoms with Crippen molar-refractivity contribution < 1.29 is 34.2 Å². The van der Waals surface area contributed by atoms with E-state index in [1.54, 1.807) is 0 Å². The number of unbranched alkanes of at least 4 members (excludes halogenated alkanes) is 6. The molecule has 0 heterocycles. The van der Waals surface area contributed by atoms with Crippen molar-refractivity contribution in [3.05, 3.63) is 12.2 Å². The first-order valence-corrected chi connectivity index (χ1v) is 11.9. The van der Waals surface area contributed by atoms with Crippen LogP contribution >= 0.6 is 0 Å². The molecule has 0 bridgehead atoms. The van der Waals surface area contributed by atoms with Gasteiger partial charge in [-0.15, -0.1) is 0 Å². The molecule has 0 spiro atoms. The van der Waals surface area contributed by atoms with Crippen molar-refractivity contribution in [2.75, 3.05) is 26.2 Å². The van der Waals surface area contributed by atoms with Crippen LogP contribution in [0.15, 0.2) is 12.2 Å². The van der Waals surface area contributed by atoms with Gasteiger partial charge in [-0.05, 0) is 57.8 Å². The summed E-state index contributed by atoms with van der Waals surface area (Å²) in [6, 6.07) is 0. The van der Waals surface area contributed by atoms with Gasteiger partial charge in [0, 0.05) is 25.2 Å². The molecule has 7 nitrogen and oxygen atoms in total. The minimum Gasteiger partial charge on any atom is -0.550 e. The van der Waals surface area contributed by atoms with E-state index in [-0.39, 0.29) is 19.3 Å². The monoisotopic (exact) mass is 441 g/mol. The van der Waals surface area contributed by atoms with Crippen LogP contribution in [0, 0.1) is 0 Å². The number of aliphatic carboxylic acids is 3. The molecule has 7 heteroatoms. The van der Waals surface area contributed by atoms with Gasteiger partial charge in [0.2, 0.25) is 0 Å². The molecule has 0 aliphatic heterocycles. The zero-order valence-corrected chi connectivity index (χ0v) is 19.4. The van der Waals surface area contributed by atoms with Gasteiger partial charge in [0.1, 0.15) is 0 Å². The molecule has 0 aromatic heterocycles. The zero-order chi connectivity index (χ0) is 23.4. The van der Waals surface area contributed by atoms with Crippen LogP contribution in [0.3, 0.4) is 0 Å². The Kier molecular flexibility index (Phi) is 17.7. The summed E-state index contributed by atoms with van der Waals surface area (Å²) in [6.07, 6.45) is 14.5. The molecule has 0 atom stereocenters. The number of allylic oxidation sites excluding steroid dienone is 2. The maximum atomic E-state index is 10.9. The second kappa shape index (κ2) is 18.8. The fourth-order valence-electron chi connectivity index (χ4n) is 3.94. The summed E-state index contributed by atoms with van der Waals surface area (Å²) in [4.78, 5) is 32.5. The topological polar surface area (TPSA) is 115 Å². The maximum Gasteiger partial charge on any atom is 0.303 e. The van der Waals surface area contributed by atoms with E-state index < -0.39 is 17.9 Å². The van der Waals surface area contributed by atoms with E-state index in [9.17, 15) is 19.5 Å². The van der Waals surface area contributed by atoms with Crippen molar-refractivity contribution in [1.29, 1.82) is 0 Å². The van der Waals surface area contributed by atoms with Crippen molar-refractivity contribution in [3.63, 3.8) is 0 Å². The Morgan fingerprint density at radius 3 is 1.52 bits per heavy atom. The Labute approximate surface area is 187 Å². The molecule has 0 fully saturated rings. The summed E-state index contributed by atoms with van der Waals surface area (Å²) in [6.45, 7) is 5.67. The Hall–Kier alpha value is -1.89. The molecule has 0 aliphatic rings. The van der Waals surface area contributed by atoms with Gasteiger partial charge >= 0.3 is 11.9 Å². The van der Waals surface area contributed by atoms with Crippen LogP contribution in [0.5, 0.6) is 0 Å². The highest BCUT2D eigenvalue weighted by atomic mass is 16.4. The van der Waals surface area contributed by atoms with Crippen molar-refractivity contribution in [2.45, 2.75) is 96.8 Å². The summed E-state index contributed by atoms with van der Waals surface area (Å²) in [5.41, 5.74) is 0. The number of rotatable bonds is 22. The second-order valence-electron chi connectivity index (χ2n) is 8.52. The molecule has 0 unspecified atom stereocenters. The smallest absolute Gasteiger partial charge is 0.303 e. The minimum absolute atomic E-state index is 0.0538. The highest BCUT2D eigenvalue weighted by Crippen LogP contribution is 2.18. The normalized spacial score (nSPS) is 11.8. The number of quaternary nitrogens is 1. The van der Waals surface area contributed by atoms with Crippen LogP contribution in [-0.2, 0) is 14.4 Å². The van der Waals surface area contributed by atoms with Crippen molar-refractivity contribution in [2.24, 2.45) is 0 Å². The van der Waals surface area contributed by atoms with E-state index in [4.69, 9.17) is 10.2 Å². The standard InChI is InChI=1S/C24H43NO6/c1-2-3-4-5-6-7-11-18-25(19-12-8-15-22(26)27,20-13-9-16-23(28)29)21-14-10-17-24(30)31/h5-6H,2-4,7-21H2,1H3,(H2-,26,27,28,29,30,31)/b6-5+. The third-order valence-corrected chi connectivity index (χ3v) is 5.70. The Morgan fingerprint density at radius 1 is 0.677 bits per heavy atom. The fourth-order valence-corrected chi connectivity index (χ4v) is 3.94. The molecule has 0 aliphatic carbocycles. The summed E-state index contributed by atoms with van der Waals surface area (Å²) in [7, 11) is 0. The lowest BCUT2D eigenvalue weighted by atomic mass is 10.1. The lowest BCUT2D eigenvalue weighted by molar-refractivity contribution is -0.929. The van der Waals surface area contributed by atoms with Crippen molar-refractivity contribution in [3.8, 4) is 0 Å². The van der Waals surface area contributed by atoms with Crippen LogP contribution < -0.4 is 5.11 Å². The van der Waals surface area contributed by atoms with E-state index in [2.05, 4.69) is 19.1 Å². The third-order valence-electron chi connectivity index (χ3n) is 5.70. The molecule has 31 heavy (non-hydrogen) atoms. The maximum absolute atomic E-state index is 10.9. The SMILES string of the molecule is CCCC/C=C/CCC[N+](CCCCC(=O)[O-])(CCCCC(=O)O)CCCCC(=O)O. The molecule has 2 N–H and O–H groups in total. The first-order chi connectivity index (χ1) is 14.8. The van der Waals surface area contributed by atoms with Gasteiger partial charge in [0.15, 0.2) is 0 Å². The number of carbonyl (C=O) groups is 3. The van der Waals surface area contributed by atoms with Crippen LogP contribution in [0.1, 0.15) is 96.8 Å². The van der Waals surface area contributed by atoms with E-state index in [1.807, 2.05) is 0 Å². The summed E-state index contributed by atoms with van der Waals surface area (Å²) in [5.74, 6) is -2.60. The summed E-state index contributed by atoms with van der Waals surface area (Å²) < 4.78 is 0.815. The van der Waals surface area contributed by atoms with Crippen LogP contribution in [-0.4, -0.2) is 58.8 Å². The van der Waals surface area contributed by atoms with Crippen molar-refractivity contribution in [1.82, 2.24) is 0 Å². The van der Waals surface area contributed by atoms with E-state index in [0.29, 0.717) is 19.3 Å². The van der Waals surface area contributed by atoms with Crippen molar-refractivity contribution >= 4 is 17.9 Å². The third kappa shape index (κ3) is 18.6. The predicted octanol–water partition coefficient (Wildman–Crippen LogP) is 3.76. The number of carboxylic acid groups (broad SMARTS) is 3. The lowest BCUT2D eigenvalue weighted by Crippen LogP contribution is -2.51. The molecule has 180 valence electrons. The number of carbonyl (C=O) groups excluding carboxylic acids is 1. The first kappa shape index (κ1) is 29.1. The van der Waals surface area contributed by atoms with Gasteiger partial charge in [-0.1, -0.05) is 31.9 Å². The molecule has 0 aromatic rings. The summed E-state index contributed by atoms with van der Waals surface area (Å²) in [5, 5.41) is 28.6. The molecule has 0 saturated carbocycles. The minimum atomic E-state index is -1.03. The van der Waals surface area contributed by atoms with E-state index in [0.717, 1.165) is 69.2 Å². The highest BCUT2D eigenvalue weighted by Gasteiger charge is 2.26. The van der Waals surface area contributed by atoms with Gasteiger partial charge in [-0.3, -0.25) is 9.59 Å². The molecule has 0 amide bonds. The second-order valence-corrected chi connectivity index (χ2v) is 8.52. The Balaban J connectivity index is 4.94. The Bertz CT molecular complexity index is 477. The average molecular weight is 442 g/mol. The van der Waals surface area contributed by atoms with E-state index >= 15 is 0 Å². The number of carboxylic acids is 3. The molecule has 0 aromatic carbocycles. The number of hydrogen-bond acceptors (Lipinski definition) is 4. The highest BCUT2D eigenvalue weighted by molar-refractivity contribution is 5.66. The fraction of sp³-hybridized carbons (Fsp3) is 0.792. The number of nitrogens with zero attached hydrogens (tertiary/aromatic N) is 1. The predicted molar refractivity (Wildman–Crippen MR) is 119 cm³/mol. The molecular formula is C24H43NO6. The van der Waals surface area contributed by atoms with Gasteiger partial charge in [0.25, 0.3) is 0 Å². The molecule has 0 radical (unpaired) electrons. The summed E-state index contributed by atoms with van der Waals surface area (Å²) >= 11 is 0. The van der Waals surface area contributed by atoms with Gasteiger partial charge < -0.3 is 24.6 Å². The molecular weight excluding hydrogens is 398 g/mol. The average Bonchev–Trinajstić information content (AvgIpc) is 2.70. The zero-order valence-electron chi connectivity index (χ0n) is 19.4. The largest absolute Gasteiger partial charge is 0.550 e.